The summed E-state index contributed by atoms with van der Waals surface area (Å²) in [6, 6.07) is 14.5. The quantitative estimate of drug-likeness (QED) is 0.590. The van der Waals surface area contributed by atoms with Crippen LogP contribution in [-0.2, 0) is 19.5 Å². The van der Waals surface area contributed by atoms with Gasteiger partial charge in [-0.25, -0.2) is 4.98 Å². The smallest absolute Gasteiger partial charge is 0.287 e. The number of pyridine rings is 1. The zero-order valence-corrected chi connectivity index (χ0v) is 17.7. The fourth-order valence-electron chi connectivity index (χ4n) is 4.06. The first-order chi connectivity index (χ1) is 15.2. The number of amides is 1. The number of carbonyl (C=O) groups is 1. The standard InChI is InChI=1S/C25H27N3O3/c1-17-12-20-4-2-3-5-22(20)28(17)15-21-10-11-30-24(21)25(29)27-14-19-8-9-23(26-13-19)31-16-18-6-7-18/h2-5,8-11,13,17-18H,6-7,12,14-16H2,1H3,(H,27,29). The molecule has 160 valence electrons. The molecule has 1 aliphatic heterocycles. The highest BCUT2D eigenvalue weighted by atomic mass is 16.5. The van der Waals surface area contributed by atoms with Crippen molar-refractivity contribution in [3.8, 4) is 5.88 Å². The molecule has 1 unspecified atom stereocenters. The molecule has 31 heavy (non-hydrogen) atoms. The topological polar surface area (TPSA) is 67.6 Å². The van der Waals surface area contributed by atoms with E-state index in [9.17, 15) is 4.79 Å². The van der Waals surface area contributed by atoms with Gasteiger partial charge < -0.3 is 19.4 Å². The highest BCUT2D eigenvalue weighted by Crippen LogP contribution is 2.33. The molecule has 6 nitrogen and oxygen atoms in total. The summed E-state index contributed by atoms with van der Waals surface area (Å²) in [5.41, 5.74) is 4.39. The predicted molar refractivity (Wildman–Crippen MR) is 118 cm³/mol. The number of furan rings is 1. The Morgan fingerprint density at radius 3 is 2.90 bits per heavy atom. The van der Waals surface area contributed by atoms with Gasteiger partial charge in [-0.2, -0.15) is 0 Å². The Morgan fingerprint density at radius 1 is 1.23 bits per heavy atom. The molecule has 1 aliphatic carbocycles. The van der Waals surface area contributed by atoms with Gasteiger partial charge in [0.2, 0.25) is 5.88 Å². The number of carbonyl (C=O) groups excluding carboxylic acids is 1. The van der Waals surface area contributed by atoms with Gasteiger partial charge in [-0.3, -0.25) is 4.79 Å². The molecule has 5 rings (SSSR count). The average molecular weight is 418 g/mol. The molecule has 6 heteroatoms. The molecule has 0 radical (unpaired) electrons. The lowest BCUT2D eigenvalue weighted by Gasteiger charge is -2.24. The summed E-state index contributed by atoms with van der Waals surface area (Å²) in [7, 11) is 0. The zero-order chi connectivity index (χ0) is 21.2. The highest BCUT2D eigenvalue weighted by Gasteiger charge is 2.27. The molecule has 3 aromatic rings. The normalized spacial score (nSPS) is 17.5. The molecule has 0 bridgehead atoms. The number of rotatable bonds is 8. The Hall–Kier alpha value is -3.28. The number of fused-ring (bicyclic) bond motifs is 1. The second-order valence-electron chi connectivity index (χ2n) is 8.53. The van der Waals surface area contributed by atoms with Crippen LogP contribution in [0.4, 0.5) is 5.69 Å². The average Bonchev–Trinajstić information content (AvgIpc) is 3.41. The van der Waals surface area contributed by atoms with E-state index in [-0.39, 0.29) is 5.91 Å². The zero-order valence-electron chi connectivity index (χ0n) is 17.7. The summed E-state index contributed by atoms with van der Waals surface area (Å²) in [5.74, 6) is 1.48. The second kappa shape index (κ2) is 8.46. The third kappa shape index (κ3) is 4.43. The second-order valence-corrected chi connectivity index (χ2v) is 8.53. The van der Waals surface area contributed by atoms with Crippen LogP contribution >= 0.6 is 0 Å². The summed E-state index contributed by atoms with van der Waals surface area (Å²) in [5, 5.41) is 2.94. The SMILES string of the molecule is CC1Cc2ccccc2N1Cc1ccoc1C(=O)NCc1ccc(OCC2CC2)nc1. The Balaban J connectivity index is 1.20. The molecule has 1 saturated carbocycles. The van der Waals surface area contributed by atoms with Crippen LogP contribution in [0, 0.1) is 5.92 Å². The first kappa shape index (κ1) is 19.7. The third-order valence-electron chi connectivity index (χ3n) is 6.06. The van der Waals surface area contributed by atoms with E-state index in [2.05, 4.69) is 46.4 Å². The molecule has 1 aromatic carbocycles. The lowest BCUT2D eigenvalue weighted by molar-refractivity contribution is 0.0921. The van der Waals surface area contributed by atoms with Gasteiger partial charge in [-0.05, 0) is 55.4 Å². The Morgan fingerprint density at radius 2 is 2.10 bits per heavy atom. The first-order valence-electron chi connectivity index (χ1n) is 10.9. The van der Waals surface area contributed by atoms with Crippen molar-refractivity contribution >= 4 is 11.6 Å². The maximum Gasteiger partial charge on any atom is 0.287 e. The van der Waals surface area contributed by atoms with Gasteiger partial charge in [0, 0.05) is 42.6 Å². The molecular formula is C25H27N3O3. The van der Waals surface area contributed by atoms with Crippen molar-refractivity contribution in [3.05, 3.63) is 77.4 Å². The lowest BCUT2D eigenvalue weighted by atomic mass is 10.1. The van der Waals surface area contributed by atoms with Crippen LogP contribution in [0.25, 0.3) is 0 Å². The summed E-state index contributed by atoms with van der Waals surface area (Å²) < 4.78 is 11.2. The number of anilines is 1. The highest BCUT2D eigenvalue weighted by molar-refractivity contribution is 5.93. The van der Waals surface area contributed by atoms with E-state index in [1.165, 1.54) is 24.1 Å². The summed E-state index contributed by atoms with van der Waals surface area (Å²) in [4.78, 5) is 19.4. The van der Waals surface area contributed by atoms with Crippen LogP contribution in [0.3, 0.4) is 0 Å². The van der Waals surface area contributed by atoms with E-state index in [1.54, 1.807) is 12.5 Å². The molecule has 1 atom stereocenters. The molecule has 0 spiro atoms. The van der Waals surface area contributed by atoms with E-state index in [1.807, 2.05) is 18.2 Å². The van der Waals surface area contributed by atoms with E-state index in [0.717, 1.165) is 24.2 Å². The lowest BCUT2D eigenvalue weighted by Crippen LogP contribution is -2.30. The van der Waals surface area contributed by atoms with Gasteiger partial charge in [-0.1, -0.05) is 24.3 Å². The van der Waals surface area contributed by atoms with Crippen LogP contribution in [0.1, 0.15) is 47.0 Å². The monoisotopic (exact) mass is 417 g/mol. The molecule has 1 amide bonds. The summed E-state index contributed by atoms with van der Waals surface area (Å²) >= 11 is 0. The molecule has 2 aliphatic rings. The summed E-state index contributed by atoms with van der Waals surface area (Å²) in [6.45, 7) is 3.99. The van der Waals surface area contributed by atoms with Gasteiger partial charge in [0.1, 0.15) is 0 Å². The maximum atomic E-state index is 12.8. The minimum atomic E-state index is -0.214. The van der Waals surface area contributed by atoms with Crippen molar-refractivity contribution in [3.63, 3.8) is 0 Å². The fourth-order valence-corrected chi connectivity index (χ4v) is 4.06. The number of nitrogens with zero attached hydrogens (tertiary/aromatic N) is 2. The van der Waals surface area contributed by atoms with Crippen molar-refractivity contribution in [2.24, 2.45) is 5.92 Å². The van der Waals surface area contributed by atoms with E-state index in [0.29, 0.717) is 36.7 Å². The molecule has 2 aromatic heterocycles. The minimum absolute atomic E-state index is 0.214. The number of hydrogen-bond acceptors (Lipinski definition) is 5. The van der Waals surface area contributed by atoms with Gasteiger partial charge in [0.15, 0.2) is 5.76 Å². The third-order valence-corrected chi connectivity index (χ3v) is 6.06. The van der Waals surface area contributed by atoms with Crippen LogP contribution in [0.15, 0.2) is 59.3 Å². The minimum Gasteiger partial charge on any atom is -0.477 e. The number of hydrogen-bond donors (Lipinski definition) is 1. The number of benzene rings is 1. The first-order valence-corrected chi connectivity index (χ1v) is 10.9. The van der Waals surface area contributed by atoms with Crippen LogP contribution in [0.2, 0.25) is 0 Å². The Bertz CT molecular complexity index is 1060. The van der Waals surface area contributed by atoms with Crippen LogP contribution in [0.5, 0.6) is 5.88 Å². The van der Waals surface area contributed by atoms with E-state index >= 15 is 0 Å². The van der Waals surface area contributed by atoms with Gasteiger partial charge in [-0.15, -0.1) is 0 Å². The van der Waals surface area contributed by atoms with E-state index < -0.39 is 0 Å². The molecule has 0 saturated heterocycles. The summed E-state index contributed by atoms with van der Waals surface area (Å²) in [6.07, 6.45) is 6.85. The fraction of sp³-hybridized carbons (Fsp3) is 0.360. The largest absolute Gasteiger partial charge is 0.477 e. The van der Waals surface area contributed by atoms with Gasteiger partial charge in [0.05, 0.1) is 12.9 Å². The molecule has 1 N–H and O–H groups in total. The van der Waals surface area contributed by atoms with Crippen molar-refractivity contribution in [2.45, 2.75) is 45.3 Å². The molecule has 1 fully saturated rings. The van der Waals surface area contributed by atoms with E-state index in [4.69, 9.17) is 9.15 Å². The van der Waals surface area contributed by atoms with Crippen LogP contribution < -0.4 is 15.0 Å². The van der Waals surface area contributed by atoms with Crippen molar-refractivity contribution in [2.75, 3.05) is 11.5 Å². The molecular weight excluding hydrogens is 390 g/mol. The Labute approximate surface area is 182 Å². The Kier molecular flexibility index (Phi) is 5.37. The predicted octanol–water partition coefficient (Wildman–Crippen LogP) is 4.34. The van der Waals surface area contributed by atoms with Gasteiger partial charge >= 0.3 is 0 Å². The molecule has 3 heterocycles. The van der Waals surface area contributed by atoms with Crippen LogP contribution in [-0.4, -0.2) is 23.5 Å². The van der Waals surface area contributed by atoms with Crippen molar-refractivity contribution in [1.82, 2.24) is 10.3 Å². The maximum absolute atomic E-state index is 12.8. The van der Waals surface area contributed by atoms with Crippen molar-refractivity contribution < 1.29 is 13.9 Å². The number of ether oxygens (including phenoxy) is 1. The van der Waals surface area contributed by atoms with Gasteiger partial charge in [0.25, 0.3) is 5.91 Å². The number of para-hydroxylation sites is 1. The number of nitrogens with one attached hydrogen (secondary N) is 1. The number of aromatic nitrogens is 1. The van der Waals surface area contributed by atoms with Crippen molar-refractivity contribution in [1.29, 1.82) is 0 Å².